The van der Waals surface area contributed by atoms with Crippen LogP contribution in [0.2, 0.25) is 0 Å². The van der Waals surface area contributed by atoms with E-state index in [1.54, 1.807) is 14.2 Å². The first-order valence-electron chi connectivity index (χ1n) is 9.69. The molecule has 6 heteroatoms. The molecule has 1 fully saturated rings. The zero-order chi connectivity index (χ0) is 20.0. The highest BCUT2D eigenvalue weighted by Gasteiger charge is 2.35. The number of ether oxygens (including phenoxy) is 3. The number of carbonyl (C=O) groups excluding carboxylic acids is 1. The summed E-state index contributed by atoms with van der Waals surface area (Å²) in [4.78, 5) is 14.3. The number of nitrogens with one attached hydrogen (secondary N) is 1. The molecular formula is C21H34N2O4. The fourth-order valence-corrected chi connectivity index (χ4v) is 3.48. The third-order valence-corrected chi connectivity index (χ3v) is 4.83. The molecule has 1 aromatic carbocycles. The third kappa shape index (κ3) is 6.03. The summed E-state index contributed by atoms with van der Waals surface area (Å²) in [6, 6.07) is 6.37. The van der Waals surface area contributed by atoms with Crippen molar-refractivity contribution in [1.29, 1.82) is 0 Å². The summed E-state index contributed by atoms with van der Waals surface area (Å²) in [6.45, 7) is 9.45. The van der Waals surface area contributed by atoms with Crippen LogP contribution in [0.25, 0.3) is 0 Å². The Balaban J connectivity index is 1.87. The molecule has 1 amide bonds. The van der Waals surface area contributed by atoms with E-state index < -0.39 is 5.60 Å². The summed E-state index contributed by atoms with van der Waals surface area (Å²) in [5.41, 5.74) is 0.719. The molecule has 1 N–H and O–H groups in total. The molecule has 1 aliphatic rings. The summed E-state index contributed by atoms with van der Waals surface area (Å²) in [5.74, 6) is 1.48. The second-order valence-corrected chi connectivity index (χ2v) is 8.07. The fraction of sp³-hybridized carbons (Fsp3) is 0.667. The van der Waals surface area contributed by atoms with E-state index in [0.717, 1.165) is 43.9 Å². The lowest BCUT2D eigenvalue weighted by Gasteiger charge is -2.32. The van der Waals surface area contributed by atoms with Gasteiger partial charge in [0.1, 0.15) is 5.60 Å². The number of benzene rings is 1. The molecule has 1 aliphatic heterocycles. The largest absolute Gasteiger partial charge is 0.493 e. The molecule has 27 heavy (non-hydrogen) atoms. The zero-order valence-corrected chi connectivity index (χ0v) is 17.5. The average molecular weight is 379 g/mol. The van der Waals surface area contributed by atoms with Crippen LogP contribution >= 0.6 is 0 Å². The molecule has 1 aromatic rings. The van der Waals surface area contributed by atoms with Crippen LogP contribution in [0.3, 0.4) is 0 Å². The van der Waals surface area contributed by atoms with Crippen molar-refractivity contribution in [3.05, 3.63) is 23.8 Å². The van der Waals surface area contributed by atoms with E-state index in [2.05, 4.69) is 18.3 Å². The van der Waals surface area contributed by atoms with E-state index in [4.69, 9.17) is 14.2 Å². The molecular weight excluding hydrogens is 344 g/mol. The number of nitrogens with zero attached hydrogens (tertiary/aromatic N) is 1. The maximum atomic E-state index is 12.5. The number of hydrogen-bond donors (Lipinski definition) is 1. The molecule has 0 radical (unpaired) electrons. The SMILES string of the molecule is COc1ccc(CCN[C@H](C)[C@@H]2CCCN2C(=O)OC(C)(C)C)cc1OC. The molecule has 0 bridgehead atoms. The van der Waals surface area contributed by atoms with Gasteiger partial charge in [-0.15, -0.1) is 0 Å². The number of rotatable bonds is 7. The molecule has 1 saturated heterocycles. The molecule has 0 unspecified atom stereocenters. The van der Waals surface area contributed by atoms with E-state index >= 15 is 0 Å². The predicted molar refractivity (Wildman–Crippen MR) is 107 cm³/mol. The van der Waals surface area contributed by atoms with Gasteiger partial charge in [0.15, 0.2) is 11.5 Å². The van der Waals surface area contributed by atoms with Gasteiger partial charge in [-0.1, -0.05) is 6.07 Å². The van der Waals surface area contributed by atoms with Gasteiger partial charge in [0.2, 0.25) is 0 Å². The summed E-state index contributed by atoms with van der Waals surface area (Å²) >= 11 is 0. The number of amides is 1. The van der Waals surface area contributed by atoms with Crippen molar-refractivity contribution in [2.75, 3.05) is 27.3 Å². The van der Waals surface area contributed by atoms with Gasteiger partial charge in [-0.25, -0.2) is 4.79 Å². The minimum absolute atomic E-state index is 0.172. The van der Waals surface area contributed by atoms with Crippen LogP contribution in [0.1, 0.15) is 46.1 Å². The molecule has 0 aliphatic carbocycles. The molecule has 152 valence electrons. The Bertz CT molecular complexity index is 627. The Labute approximate surface area is 163 Å². The smallest absolute Gasteiger partial charge is 0.410 e. The van der Waals surface area contributed by atoms with Crippen molar-refractivity contribution in [3.8, 4) is 11.5 Å². The number of likely N-dealkylation sites (tertiary alicyclic amines) is 1. The topological polar surface area (TPSA) is 60.0 Å². The van der Waals surface area contributed by atoms with Crippen molar-refractivity contribution in [2.24, 2.45) is 0 Å². The maximum absolute atomic E-state index is 12.5. The molecule has 0 aromatic heterocycles. The second kappa shape index (κ2) is 9.31. The summed E-state index contributed by atoms with van der Waals surface area (Å²) in [7, 11) is 3.28. The van der Waals surface area contributed by atoms with E-state index in [1.807, 2.05) is 37.8 Å². The highest BCUT2D eigenvalue weighted by Crippen LogP contribution is 2.28. The highest BCUT2D eigenvalue weighted by atomic mass is 16.6. The van der Waals surface area contributed by atoms with Crippen LogP contribution in [-0.2, 0) is 11.2 Å². The summed E-state index contributed by atoms with van der Waals surface area (Å²) in [5, 5.41) is 3.57. The third-order valence-electron chi connectivity index (χ3n) is 4.83. The van der Waals surface area contributed by atoms with Crippen molar-refractivity contribution >= 4 is 6.09 Å². The Morgan fingerprint density at radius 1 is 1.26 bits per heavy atom. The second-order valence-electron chi connectivity index (χ2n) is 8.07. The Hall–Kier alpha value is -1.95. The Morgan fingerprint density at radius 2 is 1.96 bits per heavy atom. The lowest BCUT2D eigenvalue weighted by atomic mass is 10.1. The number of carbonyl (C=O) groups is 1. The Morgan fingerprint density at radius 3 is 2.59 bits per heavy atom. The monoisotopic (exact) mass is 378 g/mol. The quantitative estimate of drug-likeness (QED) is 0.785. The van der Waals surface area contributed by atoms with Crippen LogP contribution in [0.5, 0.6) is 11.5 Å². The van der Waals surface area contributed by atoms with E-state index in [9.17, 15) is 4.79 Å². The van der Waals surface area contributed by atoms with Gasteiger partial charge < -0.3 is 24.4 Å². The van der Waals surface area contributed by atoms with Crippen molar-refractivity contribution in [3.63, 3.8) is 0 Å². The summed E-state index contributed by atoms with van der Waals surface area (Å²) in [6.07, 6.45) is 2.69. The first-order valence-corrected chi connectivity index (χ1v) is 9.69. The van der Waals surface area contributed by atoms with Gasteiger partial charge in [-0.3, -0.25) is 0 Å². The number of hydrogen-bond acceptors (Lipinski definition) is 5. The van der Waals surface area contributed by atoms with Crippen LogP contribution in [0.4, 0.5) is 4.79 Å². The lowest BCUT2D eigenvalue weighted by molar-refractivity contribution is 0.0201. The molecule has 6 nitrogen and oxygen atoms in total. The molecule has 0 saturated carbocycles. The van der Waals surface area contributed by atoms with Gasteiger partial charge in [0, 0.05) is 12.6 Å². The Kier molecular flexibility index (Phi) is 7.36. The summed E-state index contributed by atoms with van der Waals surface area (Å²) < 4.78 is 16.2. The van der Waals surface area contributed by atoms with Gasteiger partial charge in [-0.05, 0) is 71.2 Å². The molecule has 0 spiro atoms. The average Bonchev–Trinajstić information content (AvgIpc) is 3.10. The first-order chi connectivity index (χ1) is 12.7. The predicted octanol–water partition coefficient (Wildman–Crippen LogP) is 3.62. The highest BCUT2D eigenvalue weighted by molar-refractivity contribution is 5.69. The van der Waals surface area contributed by atoms with Crippen molar-refractivity contribution in [2.45, 2.75) is 64.6 Å². The minimum atomic E-state index is -0.464. The van der Waals surface area contributed by atoms with Gasteiger partial charge in [-0.2, -0.15) is 0 Å². The van der Waals surface area contributed by atoms with Gasteiger partial charge in [0.25, 0.3) is 0 Å². The molecule has 2 atom stereocenters. The zero-order valence-electron chi connectivity index (χ0n) is 17.5. The van der Waals surface area contributed by atoms with E-state index in [0.29, 0.717) is 0 Å². The minimum Gasteiger partial charge on any atom is -0.493 e. The van der Waals surface area contributed by atoms with Crippen molar-refractivity contribution < 1.29 is 19.0 Å². The molecule has 2 rings (SSSR count). The van der Waals surface area contributed by atoms with E-state index in [1.165, 1.54) is 5.56 Å². The fourth-order valence-electron chi connectivity index (χ4n) is 3.48. The maximum Gasteiger partial charge on any atom is 0.410 e. The van der Waals surface area contributed by atoms with E-state index in [-0.39, 0.29) is 18.2 Å². The van der Waals surface area contributed by atoms with Crippen LogP contribution in [-0.4, -0.2) is 56.0 Å². The van der Waals surface area contributed by atoms with Crippen LogP contribution in [0, 0.1) is 0 Å². The van der Waals surface area contributed by atoms with Crippen molar-refractivity contribution in [1.82, 2.24) is 10.2 Å². The number of methoxy groups -OCH3 is 2. The van der Waals surface area contributed by atoms with Gasteiger partial charge >= 0.3 is 6.09 Å². The first kappa shape index (κ1) is 21.4. The van der Waals surface area contributed by atoms with Crippen LogP contribution in [0.15, 0.2) is 18.2 Å². The molecule has 1 heterocycles. The normalized spacial score (nSPS) is 18.3. The van der Waals surface area contributed by atoms with Gasteiger partial charge in [0.05, 0.1) is 20.3 Å². The van der Waals surface area contributed by atoms with Crippen LogP contribution < -0.4 is 14.8 Å². The standard InChI is InChI=1S/C21H34N2O4/c1-15(17-8-7-13-23(17)20(24)27-21(2,3)4)22-12-11-16-9-10-18(25-5)19(14-16)26-6/h9-10,14-15,17,22H,7-8,11-13H2,1-6H3/t15-,17+/m1/s1. The lowest BCUT2D eigenvalue weighted by Crippen LogP contribution is -2.49.